The molecule has 1 heterocycles. The van der Waals surface area contributed by atoms with E-state index in [1.807, 2.05) is 26.0 Å². The van der Waals surface area contributed by atoms with Crippen LogP contribution >= 0.6 is 0 Å². The zero-order valence-corrected chi connectivity index (χ0v) is 15.7. The zero-order valence-electron chi connectivity index (χ0n) is 14.9. The molecule has 6 heteroatoms. The van der Waals surface area contributed by atoms with E-state index in [2.05, 4.69) is 21.8 Å². The highest BCUT2D eigenvalue weighted by Crippen LogP contribution is 2.28. The SMILES string of the molecule is COc1cc(C)c(C)cc1S(=O)(=O)NCCN1CCc2ccccc21. The molecule has 0 spiro atoms. The molecule has 3 rings (SSSR count). The van der Waals surface area contributed by atoms with E-state index in [1.165, 1.54) is 18.4 Å². The van der Waals surface area contributed by atoms with Gasteiger partial charge in [-0.05, 0) is 55.2 Å². The molecule has 0 aromatic heterocycles. The summed E-state index contributed by atoms with van der Waals surface area (Å²) in [5, 5.41) is 0. The number of ether oxygens (including phenoxy) is 1. The van der Waals surface area contributed by atoms with Gasteiger partial charge in [-0.15, -0.1) is 0 Å². The molecular weight excluding hydrogens is 336 g/mol. The second-order valence-electron chi connectivity index (χ2n) is 6.35. The van der Waals surface area contributed by atoms with Gasteiger partial charge in [-0.2, -0.15) is 0 Å². The van der Waals surface area contributed by atoms with Crippen LogP contribution in [0.25, 0.3) is 0 Å². The molecule has 25 heavy (non-hydrogen) atoms. The molecule has 1 aliphatic rings. The Morgan fingerprint density at radius 2 is 1.88 bits per heavy atom. The van der Waals surface area contributed by atoms with Gasteiger partial charge in [0.05, 0.1) is 7.11 Å². The van der Waals surface area contributed by atoms with Crippen LogP contribution in [0, 0.1) is 13.8 Å². The lowest BCUT2D eigenvalue weighted by atomic mass is 10.1. The number of hydrogen-bond acceptors (Lipinski definition) is 4. The van der Waals surface area contributed by atoms with Crippen LogP contribution < -0.4 is 14.4 Å². The standard InChI is InChI=1S/C19H24N2O3S/c1-14-12-18(24-3)19(13-15(14)2)25(22,23)20-9-11-21-10-8-16-6-4-5-7-17(16)21/h4-7,12-13,20H,8-11H2,1-3H3. The first-order valence-corrected chi connectivity index (χ1v) is 9.88. The zero-order chi connectivity index (χ0) is 18.0. The van der Waals surface area contributed by atoms with Crippen molar-refractivity contribution in [3.05, 3.63) is 53.1 Å². The van der Waals surface area contributed by atoms with Crippen molar-refractivity contribution in [3.8, 4) is 5.75 Å². The summed E-state index contributed by atoms with van der Waals surface area (Å²) in [5.74, 6) is 0.377. The Bertz CT molecular complexity index is 878. The normalized spacial score (nSPS) is 13.8. The van der Waals surface area contributed by atoms with Crippen LogP contribution in [-0.4, -0.2) is 35.2 Å². The molecule has 0 saturated heterocycles. The Kier molecular flexibility index (Phi) is 5.01. The smallest absolute Gasteiger partial charge is 0.244 e. The van der Waals surface area contributed by atoms with Crippen molar-refractivity contribution in [2.24, 2.45) is 0 Å². The van der Waals surface area contributed by atoms with Crippen molar-refractivity contribution in [2.75, 3.05) is 31.6 Å². The summed E-state index contributed by atoms with van der Waals surface area (Å²) in [6.45, 7) is 5.76. The molecule has 2 aromatic rings. The summed E-state index contributed by atoms with van der Waals surface area (Å²) in [5.41, 5.74) is 4.45. The van der Waals surface area contributed by atoms with E-state index in [0.29, 0.717) is 18.8 Å². The van der Waals surface area contributed by atoms with Gasteiger partial charge in [0, 0.05) is 25.3 Å². The van der Waals surface area contributed by atoms with Crippen molar-refractivity contribution in [2.45, 2.75) is 25.2 Å². The average molecular weight is 360 g/mol. The molecule has 2 aromatic carbocycles. The van der Waals surface area contributed by atoms with Crippen LogP contribution in [0.3, 0.4) is 0 Å². The van der Waals surface area contributed by atoms with Crippen LogP contribution in [0.4, 0.5) is 5.69 Å². The van der Waals surface area contributed by atoms with Gasteiger partial charge in [0.15, 0.2) is 0 Å². The topological polar surface area (TPSA) is 58.6 Å². The molecule has 134 valence electrons. The molecule has 1 aliphatic heterocycles. The minimum Gasteiger partial charge on any atom is -0.495 e. The first-order chi connectivity index (χ1) is 11.9. The van der Waals surface area contributed by atoms with Gasteiger partial charge in [0.1, 0.15) is 10.6 Å². The maximum absolute atomic E-state index is 12.7. The highest BCUT2D eigenvalue weighted by molar-refractivity contribution is 7.89. The Hall–Kier alpha value is -2.05. The number of methoxy groups -OCH3 is 1. The van der Waals surface area contributed by atoms with E-state index in [1.54, 1.807) is 12.1 Å². The highest BCUT2D eigenvalue weighted by atomic mass is 32.2. The van der Waals surface area contributed by atoms with Crippen molar-refractivity contribution >= 4 is 15.7 Å². The lowest BCUT2D eigenvalue weighted by Gasteiger charge is -2.20. The van der Waals surface area contributed by atoms with Gasteiger partial charge in [-0.3, -0.25) is 0 Å². The number of rotatable bonds is 6. The number of nitrogens with zero attached hydrogens (tertiary/aromatic N) is 1. The maximum Gasteiger partial charge on any atom is 0.244 e. The van der Waals surface area contributed by atoms with Crippen LogP contribution in [0.1, 0.15) is 16.7 Å². The molecule has 0 aliphatic carbocycles. The van der Waals surface area contributed by atoms with E-state index in [-0.39, 0.29) is 4.90 Å². The summed E-state index contributed by atoms with van der Waals surface area (Å²) >= 11 is 0. The van der Waals surface area contributed by atoms with Crippen LogP contribution in [0.5, 0.6) is 5.75 Å². The minimum atomic E-state index is -3.61. The number of benzene rings is 2. The van der Waals surface area contributed by atoms with Gasteiger partial charge in [0.2, 0.25) is 10.0 Å². The fourth-order valence-corrected chi connectivity index (χ4v) is 4.42. The number of para-hydroxylation sites is 1. The first-order valence-electron chi connectivity index (χ1n) is 8.40. The molecular formula is C19H24N2O3S. The largest absolute Gasteiger partial charge is 0.495 e. The average Bonchev–Trinajstić information content (AvgIpc) is 3.00. The van der Waals surface area contributed by atoms with Crippen molar-refractivity contribution in [3.63, 3.8) is 0 Å². The number of fused-ring (bicyclic) bond motifs is 1. The monoisotopic (exact) mass is 360 g/mol. The van der Waals surface area contributed by atoms with E-state index in [4.69, 9.17) is 4.74 Å². The molecule has 0 amide bonds. The minimum absolute atomic E-state index is 0.194. The molecule has 0 saturated carbocycles. The second kappa shape index (κ2) is 7.06. The Morgan fingerprint density at radius 3 is 2.64 bits per heavy atom. The van der Waals surface area contributed by atoms with Crippen LogP contribution in [0.2, 0.25) is 0 Å². The third-order valence-electron chi connectivity index (χ3n) is 4.73. The Morgan fingerprint density at radius 1 is 1.16 bits per heavy atom. The molecule has 1 N–H and O–H groups in total. The highest BCUT2D eigenvalue weighted by Gasteiger charge is 2.22. The van der Waals surface area contributed by atoms with Crippen molar-refractivity contribution in [1.29, 1.82) is 0 Å². The van der Waals surface area contributed by atoms with Gasteiger partial charge in [-0.25, -0.2) is 13.1 Å². The second-order valence-corrected chi connectivity index (χ2v) is 8.09. The Labute approximate surface area is 149 Å². The fraction of sp³-hybridized carbons (Fsp3) is 0.368. The van der Waals surface area contributed by atoms with E-state index in [0.717, 1.165) is 24.1 Å². The summed E-state index contributed by atoms with van der Waals surface area (Å²) in [7, 11) is -2.12. The number of nitrogens with one attached hydrogen (secondary N) is 1. The van der Waals surface area contributed by atoms with Crippen LogP contribution in [0.15, 0.2) is 41.3 Å². The quantitative estimate of drug-likeness (QED) is 0.860. The van der Waals surface area contributed by atoms with Crippen molar-refractivity contribution < 1.29 is 13.2 Å². The maximum atomic E-state index is 12.7. The summed E-state index contributed by atoms with van der Waals surface area (Å²) in [6.07, 6.45) is 1.01. The van der Waals surface area contributed by atoms with Crippen molar-refractivity contribution in [1.82, 2.24) is 4.72 Å². The third-order valence-corrected chi connectivity index (χ3v) is 6.21. The number of hydrogen-bond donors (Lipinski definition) is 1. The van der Waals surface area contributed by atoms with Gasteiger partial charge in [-0.1, -0.05) is 18.2 Å². The van der Waals surface area contributed by atoms with E-state index in [9.17, 15) is 8.42 Å². The molecule has 0 radical (unpaired) electrons. The Balaban J connectivity index is 1.70. The van der Waals surface area contributed by atoms with Gasteiger partial charge in [0.25, 0.3) is 0 Å². The predicted octanol–water partition coefficient (Wildman–Crippen LogP) is 2.65. The molecule has 0 unspecified atom stereocenters. The van der Waals surface area contributed by atoms with Gasteiger partial charge >= 0.3 is 0 Å². The molecule has 5 nitrogen and oxygen atoms in total. The lowest BCUT2D eigenvalue weighted by Crippen LogP contribution is -2.34. The number of anilines is 1. The number of sulfonamides is 1. The summed E-state index contributed by atoms with van der Waals surface area (Å²) < 4.78 is 33.3. The molecule has 0 bridgehead atoms. The van der Waals surface area contributed by atoms with Crippen LogP contribution in [-0.2, 0) is 16.4 Å². The van der Waals surface area contributed by atoms with Gasteiger partial charge < -0.3 is 9.64 Å². The van der Waals surface area contributed by atoms with E-state index < -0.39 is 10.0 Å². The predicted molar refractivity (Wildman–Crippen MR) is 100 cm³/mol. The number of aryl methyl sites for hydroxylation is 2. The summed E-state index contributed by atoms with van der Waals surface area (Å²) in [6, 6.07) is 11.7. The summed E-state index contributed by atoms with van der Waals surface area (Å²) in [4.78, 5) is 2.41. The fourth-order valence-electron chi connectivity index (χ4n) is 3.16. The first kappa shape index (κ1) is 17.8. The molecule has 0 atom stereocenters. The molecule has 0 fully saturated rings. The van der Waals surface area contributed by atoms with E-state index >= 15 is 0 Å². The lowest BCUT2D eigenvalue weighted by molar-refractivity contribution is 0.402. The third kappa shape index (κ3) is 3.65.